The lowest BCUT2D eigenvalue weighted by Gasteiger charge is -2.05. The molecule has 0 aliphatic heterocycles. The Morgan fingerprint density at radius 3 is 2.67 bits per heavy atom. The summed E-state index contributed by atoms with van der Waals surface area (Å²) in [5.74, 6) is 1.34. The maximum atomic E-state index is 12.1. The summed E-state index contributed by atoms with van der Waals surface area (Å²) in [6.07, 6.45) is 4.51. The van der Waals surface area contributed by atoms with Crippen LogP contribution in [0.4, 0.5) is 0 Å². The fraction of sp³-hybridized carbons (Fsp3) is 0.222. The zero-order chi connectivity index (χ0) is 16.9. The molecule has 3 rings (SSSR count). The second-order valence-corrected chi connectivity index (χ2v) is 5.27. The second-order valence-electron chi connectivity index (χ2n) is 5.27. The predicted molar refractivity (Wildman–Crippen MR) is 90.8 cm³/mol. The number of benzene rings is 1. The minimum absolute atomic E-state index is 0.112. The van der Waals surface area contributed by atoms with Crippen molar-refractivity contribution < 1.29 is 14.3 Å². The normalized spacial score (nSPS) is 10.6. The van der Waals surface area contributed by atoms with Gasteiger partial charge in [0, 0.05) is 30.9 Å². The monoisotopic (exact) mass is 325 g/mol. The standard InChI is InChI=1S/C18H19N3O3/c1-23-15-7-5-13(6-8-15)18(22)19-10-9-14-12-21-11-3-4-16(24-2)17(21)20-14/h3-8,11-12H,9-10H2,1-2H3,(H,19,22). The van der Waals surface area contributed by atoms with E-state index in [1.165, 1.54) is 0 Å². The Hall–Kier alpha value is -3.02. The molecular weight excluding hydrogens is 306 g/mol. The second kappa shape index (κ2) is 7.04. The van der Waals surface area contributed by atoms with E-state index in [0.29, 0.717) is 18.5 Å². The number of ether oxygens (including phenoxy) is 2. The van der Waals surface area contributed by atoms with Crippen molar-refractivity contribution >= 4 is 11.6 Å². The average Bonchev–Trinajstić information content (AvgIpc) is 3.04. The molecule has 0 atom stereocenters. The van der Waals surface area contributed by atoms with Crippen LogP contribution in [0.5, 0.6) is 11.5 Å². The van der Waals surface area contributed by atoms with Gasteiger partial charge in [0.15, 0.2) is 11.4 Å². The number of nitrogens with zero attached hydrogens (tertiary/aromatic N) is 2. The summed E-state index contributed by atoms with van der Waals surface area (Å²) in [7, 11) is 3.22. The van der Waals surface area contributed by atoms with Crippen LogP contribution in [0.1, 0.15) is 16.1 Å². The minimum Gasteiger partial charge on any atom is -0.497 e. The number of hydrogen-bond acceptors (Lipinski definition) is 4. The molecule has 0 saturated heterocycles. The first kappa shape index (κ1) is 15.9. The molecule has 1 aromatic carbocycles. The van der Waals surface area contributed by atoms with Crippen molar-refractivity contribution in [2.24, 2.45) is 0 Å². The SMILES string of the molecule is COc1ccc(C(=O)NCCc2cn3cccc(OC)c3n2)cc1. The van der Waals surface area contributed by atoms with Gasteiger partial charge < -0.3 is 19.2 Å². The maximum Gasteiger partial charge on any atom is 0.251 e. The Labute approximate surface area is 140 Å². The molecule has 1 N–H and O–H groups in total. The number of fused-ring (bicyclic) bond motifs is 1. The van der Waals surface area contributed by atoms with E-state index in [9.17, 15) is 4.79 Å². The van der Waals surface area contributed by atoms with Crippen molar-refractivity contribution in [3.63, 3.8) is 0 Å². The zero-order valence-electron chi connectivity index (χ0n) is 13.7. The van der Waals surface area contributed by atoms with Crippen LogP contribution >= 0.6 is 0 Å². The number of carbonyl (C=O) groups excluding carboxylic acids is 1. The number of hydrogen-bond donors (Lipinski definition) is 1. The molecule has 0 aliphatic rings. The van der Waals surface area contributed by atoms with Gasteiger partial charge in [-0.25, -0.2) is 4.98 Å². The molecule has 0 spiro atoms. The van der Waals surface area contributed by atoms with Gasteiger partial charge in [-0.2, -0.15) is 0 Å². The Balaban J connectivity index is 1.60. The van der Waals surface area contributed by atoms with Crippen LogP contribution in [0.2, 0.25) is 0 Å². The number of amides is 1. The van der Waals surface area contributed by atoms with Gasteiger partial charge in [0.2, 0.25) is 0 Å². The molecule has 24 heavy (non-hydrogen) atoms. The van der Waals surface area contributed by atoms with Gasteiger partial charge in [-0.3, -0.25) is 4.79 Å². The lowest BCUT2D eigenvalue weighted by molar-refractivity contribution is 0.0954. The van der Waals surface area contributed by atoms with Crippen molar-refractivity contribution in [2.75, 3.05) is 20.8 Å². The number of nitrogens with one attached hydrogen (secondary N) is 1. The number of methoxy groups -OCH3 is 2. The third-order valence-electron chi connectivity index (χ3n) is 3.74. The van der Waals surface area contributed by atoms with Crippen LogP contribution in [0.25, 0.3) is 5.65 Å². The summed E-state index contributed by atoms with van der Waals surface area (Å²) in [5, 5.41) is 2.90. The van der Waals surface area contributed by atoms with Crippen LogP contribution in [-0.2, 0) is 6.42 Å². The number of carbonyl (C=O) groups is 1. The van der Waals surface area contributed by atoms with E-state index in [1.54, 1.807) is 38.5 Å². The van der Waals surface area contributed by atoms with Crippen LogP contribution in [0, 0.1) is 0 Å². The number of pyridine rings is 1. The smallest absolute Gasteiger partial charge is 0.251 e. The Kier molecular flexibility index (Phi) is 4.65. The first-order chi connectivity index (χ1) is 11.7. The topological polar surface area (TPSA) is 64.9 Å². The van der Waals surface area contributed by atoms with E-state index in [0.717, 1.165) is 22.8 Å². The summed E-state index contributed by atoms with van der Waals surface area (Å²) in [4.78, 5) is 16.7. The highest BCUT2D eigenvalue weighted by atomic mass is 16.5. The number of imidazole rings is 1. The van der Waals surface area contributed by atoms with Crippen LogP contribution in [0.15, 0.2) is 48.8 Å². The van der Waals surface area contributed by atoms with Crippen molar-refractivity contribution in [1.82, 2.24) is 14.7 Å². The van der Waals surface area contributed by atoms with Crippen molar-refractivity contribution in [3.8, 4) is 11.5 Å². The highest BCUT2D eigenvalue weighted by Gasteiger charge is 2.08. The molecular formula is C18H19N3O3. The molecule has 1 amide bonds. The molecule has 124 valence electrons. The molecule has 0 bridgehead atoms. The average molecular weight is 325 g/mol. The van der Waals surface area contributed by atoms with Gasteiger partial charge >= 0.3 is 0 Å². The lowest BCUT2D eigenvalue weighted by atomic mass is 10.2. The number of rotatable bonds is 6. The molecule has 0 saturated carbocycles. The van der Waals surface area contributed by atoms with E-state index >= 15 is 0 Å². The third kappa shape index (κ3) is 3.32. The third-order valence-corrected chi connectivity index (χ3v) is 3.74. The van der Waals surface area contributed by atoms with Gasteiger partial charge in [0.25, 0.3) is 5.91 Å². The lowest BCUT2D eigenvalue weighted by Crippen LogP contribution is -2.25. The Bertz CT molecular complexity index is 840. The molecule has 0 aliphatic carbocycles. The first-order valence-electron chi connectivity index (χ1n) is 7.64. The van der Waals surface area contributed by atoms with Gasteiger partial charge in [-0.15, -0.1) is 0 Å². The van der Waals surface area contributed by atoms with Crippen molar-refractivity contribution in [3.05, 3.63) is 60.0 Å². The molecule has 2 aromatic heterocycles. The van der Waals surface area contributed by atoms with Crippen molar-refractivity contribution in [1.29, 1.82) is 0 Å². The maximum absolute atomic E-state index is 12.1. The molecule has 2 heterocycles. The summed E-state index contributed by atoms with van der Waals surface area (Å²) in [5.41, 5.74) is 2.28. The largest absolute Gasteiger partial charge is 0.497 e. The Morgan fingerprint density at radius 2 is 1.96 bits per heavy atom. The van der Waals surface area contributed by atoms with Crippen molar-refractivity contribution in [2.45, 2.75) is 6.42 Å². The summed E-state index contributed by atoms with van der Waals surface area (Å²) in [6.45, 7) is 0.511. The van der Waals surface area contributed by atoms with Crippen LogP contribution in [-0.4, -0.2) is 36.1 Å². The van der Waals surface area contributed by atoms with E-state index in [1.807, 2.05) is 28.9 Å². The van der Waals surface area contributed by atoms with Gasteiger partial charge in [-0.05, 0) is 36.4 Å². The molecule has 0 fully saturated rings. The van der Waals surface area contributed by atoms with Gasteiger partial charge in [0.1, 0.15) is 5.75 Å². The molecule has 6 nitrogen and oxygen atoms in total. The quantitative estimate of drug-likeness (QED) is 0.755. The summed E-state index contributed by atoms with van der Waals surface area (Å²) in [6, 6.07) is 10.8. The minimum atomic E-state index is -0.112. The molecule has 0 unspecified atom stereocenters. The number of aromatic nitrogens is 2. The zero-order valence-corrected chi connectivity index (χ0v) is 13.7. The fourth-order valence-electron chi connectivity index (χ4n) is 2.47. The molecule has 3 aromatic rings. The molecule has 0 radical (unpaired) electrons. The van der Waals surface area contributed by atoms with Gasteiger partial charge in [-0.1, -0.05) is 0 Å². The predicted octanol–water partition coefficient (Wildman–Crippen LogP) is 2.32. The van der Waals surface area contributed by atoms with Crippen LogP contribution in [0.3, 0.4) is 0 Å². The highest BCUT2D eigenvalue weighted by molar-refractivity contribution is 5.94. The van der Waals surface area contributed by atoms with E-state index in [-0.39, 0.29) is 5.91 Å². The van der Waals surface area contributed by atoms with Crippen LogP contribution < -0.4 is 14.8 Å². The van der Waals surface area contributed by atoms with E-state index in [4.69, 9.17) is 9.47 Å². The van der Waals surface area contributed by atoms with E-state index in [2.05, 4.69) is 10.3 Å². The summed E-state index contributed by atoms with van der Waals surface area (Å²) < 4.78 is 12.3. The van der Waals surface area contributed by atoms with E-state index < -0.39 is 0 Å². The first-order valence-corrected chi connectivity index (χ1v) is 7.64. The Morgan fingerprint density at radius 1 is 1.17 bits per heavy atom. The highest BCUT2D eigenvalue weighted by Crippen LogP contribution is 2.18. The van der Waals surface area contributed by atoms with Gasteiger partial charge in [0.05, 0.1) is 19.9 Å². The fourth-order valence-corrected chi connectivity index (χ4v) is 2.47. The summed E-state index contributed by atoms with van der Waals surface area (Å²) >= 11 is 0. The molecule has 6 heteroatoms.